The summed E-state index contributed by atoms with van der Waals surface area (Å²) in [6.07, 6.45) is 7.73. The fourth-order valence-corrected chi connectivity index (χ4v) is 7.67. The standard InChI is InChI=1S/C35H47N7O5/c1-23(2)30-20-38-42-31(37-18-25-15-26-10-11-27(16-25)41(26)35(44)47-28-12-13-36-19-28)17-32(39-33(30)42)46-29-9-6-14-40(21-29)34(43)45-22-24-7-4-3-5-8-24/h3-5,7-8,17,20,23,25-29,36-37H,6,9-16,18-19,21-22H2,1-2H3/t25?,26?,27?,28?,29-/m1/s1. The highest BCUT2D eigenvalue weighted by Crippen LogP contribution is 2.39. The molecule has 2 bridgehead atoms. The number of nitrogens with zero attached hydrogens (tertiary/aromatic N) is 5. The number of hydrogen-bond donors (Lipinski definition) is 2. The summed E-state index contributed by atoms with van der Waals surface area (Å²) in [4.78, 5) is 34.6. The fraction of sp³-hybridized carbons (Fsp3) is 0.600. The molecule has 4 saturated heterocycles. The van der Waals surface area contributed by atoms with Crippen LogP contribution < -0.4 is 15.4 Å². The fourth-order valence-electron chi connectivity index (χ4n) is 7.67. The molecule has 4 fully saturated rings. The van der Waals surface area contributed by atoms with Gasteiger partial charge in [0.2, 0.25) is 5.88 Å². The second kappa shape index (κ2) is 14.0. The Hall–Kier alpha value is -4.06. The van der Waals surface area contributed by atoms with Gasteiger partial charge in [-0.1, -0.05) is 44.2 Å². The van der Waals surface area contributed by atoms with Crippen molar-refractivity contribution in [3.63, 3.8) is 0 Å². The normalized spacial score (nSPS) is 25.7. The number of amides is 2. The molecule has 2 N–H and O–H groups in total. The summed E-state index contributed by atoms with van der Waals surface area (Å²) in [5.41, 5.74) is 2.78. The van der Waals surface area contributed by atoms with E-state index in [-0.39, 0.29) is 49.0 Å². The molecule has 0 saturated carbocycles. The molecule has 0 aliphatic carbocycles. The molecule has 4 aliphatic heterocycles. The Bertz CT molecular complexity index is 1530. The van der Waals surface area contributed by atoms with Crippen LogP contribution in [0.3, 0.4) is 0 Å². The first-order valence-corrected chi connectivity index (χ1v) is 17.4. The maximum Gasteiger partial charge on any atom is 0.410 e. The first kappa shape index (κ1) is 31.5. The van der Waals surface area contributed by atoms with Gasteiger partial charge in [-0.15, -0.1) is 0 Å². The largest absolute Gasteiger partial charge is 0.472 e. The van der Waals surface area contributed by atoms with Crippen molar-refractivity contribution in [3.8, 4) is 5.88 Å². The molecule has 6 heterocycles. The molecule has 2 aromatic heterocycles. The van der Waals surface area contributed by atoms with Crippen LogP contribution in [0.1, 0.15) is 75.8 Å². The quantitative estimate of drug-likeness (QED) is 0.324. The van der Waals surface area contributed by atoms with E-state index in [4.69, 9.17) is 24.3 Å². The van der Waals surface area contributed by atoms with Crippen LogP contribution in [0.5, 0.6) is 5.88 Å². The summed E-state index contributed by atoms with van der Waals surface area (Å²) in [6, 6.07) is 12.1. The van der Waals surface area contributed by atoms with Crippen LogP contribution in [0.2, 0.25) is 0 Å². The molecule has 252 valence electrons. The minimum atomic E-state index is -0.324. The molecule has 0 radical (unpaired) electrons. The maximum absolute atomic E-state index is 13.1. The third-order valence-electron chi connectivity index (χ3n) is 10.1. The number of ether oxygens (including phenoxy) is 3. The molecular formula is C35H47N7O5. The lowest BCUT2D eigenvalue weighted by Crippen LogP contribution is -2.48. The number of rotatable bonds is 9. The van der Waals surface area contributed by atoms with Crippen molar-refractivity contribution in [2.45, 2.75) is 95.6 Å². The predicted molar refractivity (Wildman–Crippen MR) is 177 cm³/mol. The molecule has 4 aliphatic rings. The Kier molecular flexibility index (Phi) is 9.37. The number of hydrogen-bond acceptors (Lipinski definition) is 9. The van der Waals surface area contributed by atoms with Gasteiger partial charge in [-0.25, -0.2) is 9.59 Å². The summed E-state index contributed by atoms with van der Waals surface area (Å²) < 4.78 is 19.8. The molecular weight excluding hydrogens is 598 g/mol. The molecule has 7 rings (SSSR count). The van der Waals surface area contributed by atoms with E-state index in [1.54, 1.807) is 4.90 Å². The van der Waals surface area contributed by atoms with Crippen molar-refractivity contribution in [1.29, 1.82) is 0 Å². The first-order chi connectivity index (χ1) is 22.9. The molecule has 3 aromatic rings. The smallest absolute Gasteiger partial charge is 0.410 e. The summed E-state index contributed by atoms with van der Waals surface area (Å²) in [5.74, 6) is 2.01. The van der Waals surface area contributed by atoms with Crippen molar-refractivity contribution in [1.82, 2.24) is 29.7 Å². The summed E-state index contributed by atoms with van der Waals surface area (Å²) in [7, 11) is 0. The number of nitrogens with one attached hydrogen (secondary N) is 2. The number of likely N-dealkylation sites (tertiary alicyclic amines) is 1. The van der Waals surface area contributed by atoms with Gasteiger partial charge in [0, 0.05) is 43.3 Å². The number of piperidine rings is 2. The Morgan fingerprint density at radius 1 is 1.04 bits per heavy atom. The van der Waals surface area contributed by atoms with Gasteiger partial charge in [-0.3, -0.25) is 0 Å². The third kappa shape index (κ3) is 7.12. The number of carbonyl (C=O) groups excluding carboxylic acids is 2. The summed E-state index contributed by atoms with van der Waals surface area (Å²) in [6.45, 7) is 8.03. The van der Waals surface area contributed by atoms with Gasteiger partial charge in [-0.2, -0.15) is 14.6 Å². The van der Waals surface area contributed by atoms with Crippen LogP contribution in [0.25, 0.3) is 5.65 Å². The van der Waals surface area contributed by atoms with E-state index >= 15 is 0 Å². The summed E-state index contributed by atoms with van der Waals surface area (Å²) >= 11 is 0. The number of benzene rings is 1. The Balaban J connectivity index is 0.999. The molecule has 12 heteroatoms. The van der Waals surface area contributed by atoms with Crippen molar-refractivity contribution in [2.24, 2.45) is 5.92 Å². The lowest BCUT2D eigenvalue weighted by atomic mass is 9.91. The maximum atomic E-state index is 13.1. The monoisotopic (exact) mass is 645 g/mol. The lowest BCUT2D eigenvalue weighted by molar-refractivity contribution is 0.0370. The zero-order valence-electron chi connectivity index (χ0n) is 27.5. The van der Waals surface area contributed by atoms with Crippen LogP contribution in [-0.4, -0.2) is 93.6 Å². The Labute approximate surface area is 276 Å². The van der Waals surface area contributed by atoms with Gasteiger partial charge >= 0.3 is 12.2 Å². The average molecular weight is 646 g/mol. The van der Waals surface area contributed by atoms with E-state index in [9.17, 15) is 9.59 Å². The Morgan fingerprint density at radius 3 is 2.60 bits per heavy atom. The first-order valence-electron chi connectivity index (χ1n) is 17.4. The zero-order chi connectivity index (χ0) is 32.3. The molecule has 1 aromatic carbocycles. The molecule has 2 amide bonds. The van der Waals surface area contributed by atoms with Gasteiger partial charge in [0.05, 0.1) is 12.7 Å². The number of anilines is 1. The second-order valence-electron chi connectivity index (χ2n) is 13.8. The van der Waals surface area contributed by atoms with Gasteiger partial charge < -0.3 is 34.6 Å². The molecule has 12 nitrogen and oxygen atoms in total. The molecule has 4 atom stereocenters. The van der Waals surface area contributed by atoms with Crippen molar-refractivity contribution in [2.75, 3.05) is 38.0 Å². The Morgan fingerprint density at radius 2 is 1.85 bits per heavy atom. The van der Waals surface area contributed by atoms with Crippen LogP contribution in [0.15, 0.2) is 42.6 Å². The van der Waals surface area contributed by atoms with Crippen molar-refractivity contribution < 1.29 is 23.8 Å². The highest BCUT2D eigenvalue weighted by atomic mass is 16.6. The number of fused-ring (bicyclic) bond motifs is 3. The van der Waals surface area contributed by atoms with E-state index in [2.05, 4.69) is 24.5 Å². The predicted octanol–water partition coefficient (Wildman–Crippen LogP) is 5.19. The van der Waals surface area contributed by atoms with E-state index in [1.165, 1.54) is 0 Å². The lowest BCUT2D eigenvalue weighted by Gasteiger charge is -2.38. The molecule has 0 spiro atoms. The van der Waals surface area contributed by atoms with E-state index < -0.39 is 0 Å². The second-order valence-corrected chi connectivity index (χ2v) is 13.8. The highest BCUT2D eigenvalue weighted by molar-refractivity contribution is 5.69. The highest BCUT2D eigenvalue weighted by Gasteiger charge is 2.44. The van der Waals surface area contributed by atoms with Gasteiger partial charge in [0.25, 0.3) is 0 Å². The minimum Gasteiger partial charge on any atom is -0.472 e. The zero-order valence-corrected chi connectivity index (χ0v) is 27.5. The van der Waals surface area contributed by atoms with Crippen LogP contribution >= 0.6 is 0 Å². The van der Waals surface area contributed by atoms with Crippen LogP contribution in [0, 0.1) is 5.92 Å². The van der Waals surface area contributed by atoms with Gasteiger partial charge in [0.1, 0.15) is 24.6 Å². The third-order valence-corrected chi connectivity index (χ3v) is 10.1. The van der Waals surface area contributed by atoms with Gasteiger partial charge in [-0.05, 0) is 68.9 Å². The van der Waals surface area contributed by atoms with Crippen LogP contribution in [-0.2, 0) is 16.1 Å². The van der Waals surface area contributed by atoms with Gasteiger partial charge in [0.15, 0.2) is 5.65 Å². The molecule has 47 heavy (non-hydrogen) atoms. The van der Waals surface area contributed by atoms with E-state index in [0.29, 0.717) is 24.9 Å². The number of carbonyl (C=O) groups is 2. The molecule has 3 unspecified atom stereocenters. The topological polar surface area (TPSA) is 123 Å². The summed E-state index contributed by atoms with van der Waals surface area (Å²) in [5, 5.41) is 11.6. The van der Waals surface area contributed by atoms with E-state index in [0.717, 1.165) is 87.2 Å². The van der Waals surface area contributed by atoms with Crippen LogP contribution in [0.4, 0.5) is 15.4 Å². The minimum absolute atomic E-state index is 0.0123. The van der Waals surface area contributed by atoms with Crippen molar-refractivity contribution >= 4 is 23.7 Å². The van der Waals surface area contributed by atoms with E-state index in [1.807, 2.05) is 52.0 Å². The average Bonchev–Trinajstić information content (AvgIpc) is 3.81. The number of aromatic nitrogens is 3. The van der Waals surface area contributed by atoms with Crippen molar-refractivity contribution in [3.05, 3.63) is 53.7 Å². The SMILES string of the molecule is CC(C)c1cnn2c(NCC3CC4CCC(C3)N4C(=O)OC3CCNC3)cc(O[C@@H]3CCCN(C(=O)OCc4ccccc4)C3)nc12.